The van der Waals surface area contributed by atoms with Gasteiger partial charge in [-0.25, -0.2) is 5.43 Å². The molecule has 1 saturated heterocycles. The molecule has 0 amide bonds. The van der Waals surface area contributed by atoms with Crippen LogP contribution in [0.5, 0.6) is 0 Å². The van der Waals surface area contributed by atoms with E-state index in [-0.39, 0.29) is 23.4 Å². The molecule has 4 rings (SSSR count). The van der Waals surface area contributed by atoms with Crippen LogP contribution in [0.1, 0.15) is 25.3 Å². The van der Waals surface area contributed by atoms with Crippen LogP contribution in [0.3, 0.4) is 0 Å². The molecular formula is C20H21BrN4O2S. The van der Waals surface area contributed by atoms with Crippen LogP contribution in [0.4, 0.5) is 0 Å². The van der Waals surface area contributed by atoms with E-state index >= 15 is 0 Å². The van der Waals surface area contributed by atoms with Gasteiger partial charge in [0.15, 0.2) is 6.17 Å². The third-order valence-electron chi connectivity index (χ3n) is 6.02. The molecule has 0 aromatic heterocycles. The second-order valence-electron chi connectivity index (χ2n) is 7.39. The monoisotopic (exact) mass is 460 g/mol. The number of nitriles is 1. The van der Waals surface area contributed by atoms with Crippen molar-refractivity contribution < 1.29 is 9.90 Å². The minimum absolute atomic E-state index is 0.0664. The van der Waals surface area contributed by atoms with E-state index in [0.29, 0.717) is 12.8 Å². The van der Waals surface area contributed by atoms with Gasteiger partial charge in [-0.2, -0.15) is 5.26 Å². The van der Waals surface area contributed by atoms with E-state index in [1.54, 1.807) is 11.8 Å². The maximum Gasteiger partial charge on any atom is 0.310 e. The fraction of sp³-hybridized carbons (Fsp3) is 0.450. The maximum absolute atomic E-state index is 11.9. The summed E-state index contributed by atoms with van der Waals surface area (Å²) < 4.78 is 0.962. The summed E-state index contributed by atoms with van der Waals surface area (Å²) in [6, 6.07) is 10.4. The predicted molar refractivity (Wildman–Crippen MR) is 113 cm³/mol. The molecule has 8 heteroatoms. The number of hydrazine groups is 1. The number of rotatable bonds is 5. The van der Waals surface area contributed by atoms with Gasteiger partial charge in [-0.3, -0.25) is 14.8 Å². The normalized spacial score (nSPS) is 33.6. The number of aliphatic imine (C=N–C) groups is 1. The lowest BCUT2D eigenvalue weighted by Crippen LogP contribution is -2.40. The number of benzene rings is 1. The molecule has 2 N–H and O–H groups in total. The number of allylic oxidation sites excluding steroid dienone is 1. The first kappa shape index (κ1) is 19.5. The van der Waals surface area contributed by atoms with E-state index in [9.17, 15) is 15.2 Å². The van der Waals surface area contributed by atoms with Gasteiger partial charge in [0.1, 0.15) is 5.92 Å². The van der Waals surface area contributed by atoms with Crippen molar-refractivity contribution in [3.8, 4) is 6.07 Å². The van der Waals surface area contributed by atoms with Gasteiger partial charge in [0.2, 0.25) is 0 Å². The lowest BCUT2D eigenvalue weighted by Gasteiger charge is -2.31. The van der Waals surface area contributed by atoms with Crippen molar-refractivity contribution in [3.05, 3.63) is 40.4 Å². The number of nitrogens with one attached hydrogen (secondary N) is 1. The minimum atomic E-state index is -0.758. The van der Waals surface area contributed by atoms with Crippen molar-refractivity contribution in [1.82, 2.24) is 10.4 Å². The first-order chi connectivity index (χ1) is 13.4. The van der Waals surface area contributed by atoms with Crippen LogP contribution in [0.2, 0.25) is 0 Å². The smallest absolute Gasteiger partial charge is 0.310 e. The topological polar surface area (TPSA) is 88.7 Å². The van der Waals surface area contributed by atoms with Crippen LogP contribution < -0.4 is 5.43 Å². The molecule has 146 valence electrons. The zero-order valence-corrected chi connectivity index (χ0v) is 18.0. The summed E-state index contributed by atoms with van der Waals surface area (Å²) in [4.78, 5) is 16.7. The van der Waals surface area contributed by atoms with Crippen LogP contribution in [0, 0.1) is 28.6 Å². The standard InChI is InChI=1S/C20H21BrN4O2S/c1-3-20(19(26)27)9-14(20)15-8-16(11-5-4-6-12(21)7-11)25-17(23-15)13(10-22)18(24-25)28-2/h4-8,13-14,17-18,24H,3,9H2,1-2H3,(H,26,27). The summed E-state index contributed by atoms with van der Waals surface area (Å²) in [5, 5.41) is 21.4. The number of nitrogens with zero attached hydrogens (tertiary/aromatic N) is 3. The van der Waals surface area contributed by atoms with E-state index < -0.39 is 11.4 Å². The molecule has 1 aliphatic carbocycles. The third-order valence-corrected chi connectivity index (χ3v) is 7.42. The Hall–Kier alpha value is -1.82. The Morgan fingerprint density at radius 1 is 1.57 bits per heavy atom. The highest BCUT2D eigenvalue weighted by Gasteiger charge is 2.61. The van der Waals surface area contributed by atoms with Crippen molar-refractivity contribution in [1.29, 1.82) is 5.26 Å². The number of hydrogen-bond donors (Lipinski definition) is 2. The Morgan fingerprint density at radius 2 is 2.36 bits per heavy atom. The van der Waals surface area contributed by atoms with Crippen molar-refractivity contribution in [2.24, 2.45) is 22.2 Å². The lowest BCUT2D eigenvalue weighted by atomic mass is 9.95. The SMILES string of the molecule is CCC1(C(=O)O)CC1C1=NC2C(C#N)C(SC)NN2C(c2cccc(Br)c2)=C1. The van der Waals surface area contributed by atoms with Gasteiger partial charge in [-0.15, -0.1) is 11.8 Å². The Balaban J connectivity index is 1.79. The second-order valence-corrected chi connectivity index (χ2v) is 9.28. The van der Waals surface area contributed by atoms with Gasteiger partial charge in [0.25, 0.3) is 0 Å². The summed E-state index contributed by atoms with van der Waals surface area (Å²) in [6.07, 6.45) is 4.78. The molecule has 3 aliphatic rings. The van der Waals surface area contributed by atoms with E-state index in [1.165, 1.54) is 0 Å². The average molecular weight is 461 g/mol. The number of aliphatic carboxylic acids is 1. The summed E-state index contributed by atoms with van der Waals surface area (Å²) in [7, 11) is 0. The van der Waals surface area contributed by atoms with Gasteiger partial charge in [0.05, 0.1) is 22.6 Å². The summed E-state index contributed by atoms with van der Waals surface area (Å²) >= 11 is 5.12. The third kappa shape index (κ3) is 2.97. The highest BCUT2D eigenvalue weighted by Crippen LogP contribution is 2.57. The molecule has 5 atom stereocenters. The van der Waals surface area contributed by atoms with Gasteiger partial charge in [-0.1, -0.05) is 35.0 Å². The number of carboxylic acids is 1. The minimum Gasteiger partial charge on any atom is -0.481 e. The lowest BCUT2D eigenvalue weighted by molar-refractivity contribution is -0.143. The number of fused-ring (bicyclic) bond motifs is 1. The summed E-state index contributed by atoms with van der Waals surface area (Å²) in [6.45, 7) is 1.92. The van der Waals surface area contributed by atoms with Crippen molar-refractivity contribution in [2.75, 3.05) is 6.26 Å². The van der Waals surface area contributed by atoms with Crippen molar-refractivity contribution in [3.63, 3.8) is 0 Å². The van der Waals surface area contributed by atoms with Gasteiger partial charge >= 0.3 is 5.97 Å². The molecule has 1 aromatic carbocycles. The first-order valence-electron chi connectivity index (χ1n) is 9.21. The highest BCUT2D eigenvalue weighted by molar-refractivity contribution is 9.10. The molecule has 0 bridgehead atoms. The Bertz CT molecular complexity index is 927. The van der Waals surface area contributed by atoms with Crippen LogP contribution >= 0.6 is 27.7 Å². The Morgan fingerprint density at radius 3 is 2.93 bits per heavy atom. The molecule has 28 heavy (non-hydrogen) atoms. The average Bonchev–Trinajstić information content (AvgIpc) is 3.34. The molecule has 2 heterocycles. The molecule has 0 radical (unpaired) electrons. The number of carboxylic acid groups (broad SMARTS) is 1. The molecule has 5 unspecified atom stereocenters. The number of carbonyl (C=O) groups is 1. The largest absolute Gasteiger partial charge is 0.481 e. The fourth-order valence-electron chi connectivity index (χ4n) is 4.23. The Labute approximate surface area is 176 Å². The van der Waals surface area contributed by atoms with E-state index in [0.717, 1.165) is 21.4 Å². The number of halogens is 1. The second kappa shape index (κ2) is 7.21. The molecule has 1 aromatic rings. The molecule has 2 aliphatic heterocycles. The molecule has 6 nitrogen and oxygen atoms in total. The zero-order chi connectivity index (χ0) is 20.1. The number of thioether (sulfide) groups is 1. The predicted octanol–water partition coefficient (Wildman–Crippen LogP) is 3.72. The van der Waals surface area contributed by atoms with Crippen LogP contribution in [-0.2, 0) is 4.79 Å². The van der Waals surface area contributed by atoms with Crippen LogP contribution in [-0.4, -0.2) is 39.6 Å². The molecule has 2 fully saturated rings. The molecule has 1 saturated carbocycles. The van der Waals surface area contributed by atoms with Crippen LogP contribution in [0.15, 0.2) is 39.8 Å². The number of hydrogen-bond acceptors (Lipinski definition) is 6. The summed E-state index contributed by atoms with van der Waals surface area (Å²) in [5.74, 6) is -1.18. The maximum atomic E-state index is 11.9. The van der Waals surface area contributed by atoms with E-state index in [4.69, 9.17) is 4.99 Å². The van der Waals surface area contributed by atoms with Gasteiger partial charge < -0.3 is 5.11 Å². The first-order valence-corrected chi connectivity index (χ1v) is 11.3. The fourth-order valence-corrected chi connectivity index (χ4v) is 5.34. The van der Waals surface area contributed by atoms with Crippen molar-refractivity contribution >= 4 is 45.1 Å². The molecular weight excluding hydrogens is 440 g/mol. The highest BCUT2D eigenvalue weighted by atomic mass is 79.9. The van der Waals surface area contributed by atoms with Crippen LogP contribution in [0.25, 0.3) is 5.70 Å². The van der Waals surface area contributed by atoms with Gasteiger partial charge in [0, 0.05) is 21.7 Å². The summed E-state index contributed by atoms with van der Waals surface area (Å²) in [5.41, 5.74) is 5.40. The quantitative estimate of drug-likeness (QED) is 0.695. The van der Waals surface area contributed by atoms with E-state index in [2.05, 4.69) is 27.4 Å². The molecule has 0 spiro atoms. The Kier molecular flexibility index (Phi) is 5.02. The van der Waals surface area contributed by atoms with E-state index in [1.807, 2.05) is 48.5 Å². The van der Waals surface area contributed by atoms with Gasteiger partial charge in [-0.05, 0) is 37.3 Å². The zero-order valence-electron chi connectivity index (χ0n) is 15.6. The van der Waals surface area contributed by atoms with Crippen molar-refractivity contribution in [2.45, 2.75) is 31.3 Å².